The summed E-state index contributed by atoms with van der Waals surface area (Å²) in [7, 11) is 1.58. The summed E-state index contributed by atoms with van der Waals surface area (Å²) >= 11 is 0. The molecule has 3 rings (SSSR count). The van der Waals surface area contributed by atoms with Gasteiger partial charge in [-0.2, -0.15) is 0 Å². The lowest BCUT2D eigenvalue weighted by Gasteiger charge is -2.33. The Hall–Kier alpha value is -1.83. The molecule has 8 heteroatoms. The Kier molecular flexibility index (Phi) is 8.34. The molecule has 0 aliphatic carbocycles. The van der Waals surface area contributed by atoms with E-state index in [2.05, 4.69) is 10.6 Å². The second kappa shape index (κ2) is 10.5. The molecule has 2 saturated heterocycles. The molecule has 27 heavy (non-hydrogen) atoms. The van der Waals surface area contributed by atoms with Crippen molar-refractivity contribution in [2.75, 3.05) is 45.3 Å². The van der Waals surface area contributed by atoms with E-state index < -0.39 is 0 Å². The number of benzene rings is 1. The Morgan fingerprint density at radius 1 is 1.30 bits per heavy atom. The van der Waals surface area contributed by atoms with Gasteiger partial charge in [-0.3, -0.25) is 9.59 Å². The van der Waals surface area contributed by atoms with E-state index in [1.54, 1.807) is 7.11 Å². The van der Waals surface area contributed by atoms with Crippen LogP contribution in [0.4, 0.5) is 5.69 Å². The molecule has 2 heterocycles. The molecule has 1 aromatic rings. The number of carbonyl (C=O) groups excluding carboxylic acids is 2. The number of piperidine rings is 1. The predicted molar refractivity (Wildman–Crippen MR) is 105 cm³/mol. The summed E-state index contributed by atoms with van der Waals surface area (Å²) in [4.78, 5) is 26.8. The molecule has 0 radical (unpaired) electrons. The van der Waals surface area contributed by atoms with Crippen LogP contribution in [-0.2, 0) is 14.3 Å². The number of ether oxygens (including phenoxy) is 2. The lowest BCUT2D eigenvalue weighted by molar-refractivity contribution is -0.135. The summed E-state index contributed by atoms with van der Waals surface area (Å²) in [6.45, 7) is 3.33. The van der Waals surface area contributed by atoms with Gasteiger partial charge in [-0.25, -0.2) is 0 Å². The molecule has 1 unspecified atom stereocenters. The van der Waals surface area contributed by atoms with Gasteiger partial charge in [-0.1, -0.05) is 12.1 Å². The summed E-state index contributed by atoms with van der Waals surface area (Å²) in [5.41, 5.74) is 0.682. The summed E-state index contributed by atoms with van der Waals surface area (Å²) < 4.78 is 10.7. The second-order valence-corrected chi connectivity index (χ2v) is 6.77. The first kappa shape index (κ1) is 21.5. The van der Waals surface area contributed by atoms with Crippen molar-refractivity contribution in [3.63, 3.8) is 0 Å². The van der Waals surface area contributed by atoms with Crippen LogP contribution in [0.2, 0.25) is 0 Å². The van der Waals surface area contributed by atoms with Crippen molar-refractivity contribution in [1.82, 2.24) is 10.2 Å². The van der Waals surface area contributed by atoms with Gasteiger partial charge >= 0.3 is 0 Å². The zero-order valence-corrected chi connectivity index (χ0v) is 16.4. The zero-order chi connectivity index (χ0) is 18.4. The number of rotatable bonds is 5. The quantitative estimate of drug-likeness (QED) is 0.790. The molecular formula is C19H28ClN3O4. The lowest BCUT2D eigenvalue weighted by Crippen LogP contribution is -2.47. The minimum atomic E-state index is -0.0832. The third-order valence-electron chi connectivity index (χ3n) is 5.00. The third kappa shape index (κ3) is 5.82. The Bertz CT molecular complexity index is 629. The highest BCUT2D eigenvalue weighted by molar-refractivity contribution is 5.94. The van der Waals surface area contributed by atoms with Gasteiger partial charge in [-0.05, 0) is 25.0 Å². The minimum absolute atomic E-state index is 0. The molecule has 7 nitrogen and oxygen atoms in total. The largest absolute Gasteiger partial charge is 0.495 e. The van der Waals surface area contributed by atoms with Gasteiger partial charge in [0.2, 0.25) is 11.8 Å². The van der Waals surface area contributed by atoms with Gasteiger partial charge in [0.1, 0.15) is 5.75 Å². The highest BCUT2D eigenvalue weighted by Crippen LogP contribution is 2.26. The van der Waals surface area contributed by atoms with Gasteiger partial charge in [0, 0.05) is 38.0 Å². The third-order valence-corrected chi connectivity index (χ3v) is 5.00. The van der Waals surface area contributed by atoms with E-state index in [1.165, 1.54) is 0 Å². The normalized spacial score (nSPS) is 20.5. The van der Waals surface area contributed by atoms with Crippen molar-refractivity contribution < 1.29 is 19.1 Å². The summed E-state index contributed by atoms with van der Waals surface area (Å²) in [5.74, 6) is 0.691. The van der Waals surface area contributed by atoms with Gasteiger partial charge in [0.15, 0.2) is 0 Å². The van der Waals surface area contributed by atoms with Crippen molar-refractivity contribution in [3.8, 4) is 5.75 Å². The van der Waals surface area contributed by atoms with Crippen LogP contribution in [0.1, 0.15) is 19.3 Å². The molecule has 0 saturated carbocycles. The van der Waals surface area contributed by atoms with Gasteiger partial charge in [-0.15, -0.1) is 12.4 Å². The molecule has 2 N–H and O–H groups in total. The van der Waals surface area contributed by atoms with Crippen molar-refractivity contribution in [1.29, 1.82) is 0 Å². The monoisotopic (exact) mass is 397 g/mol. The second-order valence-electron chi connectivity index (χ2n) is 6.77. The molecule has 0 spiro atoms. The van der Waals surface area contributed by atoms with Crippen LogP contribution in [0.25, 0.3) is 0 Å². The molecule has 2 aliphatic heterocycles. The van der Waals surface area contributed by atoms with Gasteiger partial charge in [0.25, 0.3) is 0 Å². The number of halogens is 1. The number of nitrogens with one attached hydrogen (secondary N) is 2. The molecule has 1 aromatic carbocycles. The molecule has 2 fully saturated rings. The van der Waals surface area contributed by atoms with E-state index >= 15 is 0 Å². The van der Waals surface area contributed by atoms with E-state index in [1.807, 2.05) is 29.2 Å². The number of likely N-dealkylation sites (tertiary alicyclic amines) is 1. The molecule has 2 amide bonds. The highest BCUT2D eigenvalue weighted by atomic mass is 35.5. The topological polar surface area (TPSA) is 79.9 Å². The summed E-state index contributed by atoms with van der Waals surface area (Å²) in [5, 5.41) is 6.25. The van der Waals surface area contributed by atoms with Crippen molar-refractivity contribution >= 4 is 29.9 Å². The fourth-order valence-electron chi connectivity index (χ4n) is 3.46. The van der Waals surface area contributed by atoms with E-state index in [0.717, 1.165) is 6.54 Å². The average molecular weight is 398 g/mol. The minimum Gasteiger partial charge on any atom is -0.495 e. The number of methoxy groups -OCH3 is 1. The van der Waals surface area contributed by atoms with Crippen LogP contribution in [0.5, 0.6) is 5.75 Å². The SMILES string of the molecule is COc1ccccc1NC(=O)C1CCN(C(=O)CC2COCCN2)CC1.Cl. The number of morpholine rings is 1. The van der Waals surface area contributed by atoms with Crippen LogP contribution in [-0.4, -0.2) is 62.7 Å². The van der Waals surface area contributed by atoms with Crippen LogP contribution >= 0.6 is 12.4 Å². The van der Waals surface area contributed by atoms with E-state index in [9.17, 15) is 9.59 Å². The van der Waals surface area contributed by atoms with Crippen molar-refractivity contribution in [2.24, 2.45) is 5.92 Å². The fraction of sp³-hybridized carbons (Fsp3) is 0.579. The highest BCUT2D eigenvalue weighted by Gasteiger charge is 2.29. The maximum Gasteiger partial charge on any atom is 0.227 e. The molecule has 150 valence electrons. The number of anilines is 1. The Morgan fingerprint density at radius 3 is 2.70 bits per heavy atom. The number of nitrogens with zero attached hydrogens (tertiary/aromatic N) is 1. The molecule has 0 bridgehead atoms. The molecule has 2 aliphatic rings. The van der Waals surface area contributed by atoms with Crippen LogP contribution < -0.4 is 15.4 Å². The first-order chi connectivity index (χ1) is 12.7. The van der Waals surface area contributed by atoms with E-state index in [0.29, 0.717) is 57.0 Å². The Balaban J connectivity index is 0.00000261. The first-order valence-electron chi connectivity index (χ1n) is 9.20. The number of hydrogen-bond donors (Lipinski definition) is 2. The number of carbonyl (C=O) groups is 2. The number of hydrogen-bond acceptors (Lipinski definition) is 5. The van der Waals surface area contributed by atoms with Crippen LogP contribution in [0.3, 0.4) is 0 Å². The van der Waals surface area contributed by atoms with Crippen LogP contribution in [0.15, 0.2) is 24.3 Å². The van der Waals surface area contributed by atoms with Crippen molar-refractivity contribution in [3.05, 3.63) is 24.3 Å². The van der Waals surface area contributed by atoms with Gasteiger partial charge in [0.05, 0.1) is 26.0 Å². The smallest absolute Gasteiger partial charge is 0.227 e. The first-order valence-corrected chi connectivity index (χ1v) is 9.20. The Labute approximate surface area is 166 Å². The fourth-order valence-corrected chi connectivity index (χ4v) is 3.46. The number of para-hydroxylation sites is 2. The standard InChI is InChI=1S/C19H27N3O4.ClH/c1-25-17-5-3-2-4-16(17)21-19(24)14-6-9-22(10-7-14)18(23)12-15-13-26-11-8-20-15;/h2-5,14-15,20H,6-13H2,1H3,(H,21,24);1H. The van der Waals surface area contributed by atoms with E-state index in [-0.39, 0.29) is 36.2 Å². The molecule has 1 atom stereocenters. The number of amides is 2. The van der Waals surface area contributed by atoms with E-state index in [4.69, 9.17) is 9.47 Å². The summed E-state index contributed by atoms with van der Waals surface area (Å²) in [6, 6.07) is 7.48. The van der Waals surface area contributed by atoms with Crippen LogP contribution in [0, 0.1) is 5.92 Å². The Morgan fingerprint density at radius 2 is 2.04 bits per heavy atom. The maximum atomic E-state index is 12.5. The lowest BCUT2D eigenvalue weighted by atomic mass is 9.95. The zero-order valence-electron chi connectivity index (χ0n) is 15.6. The molecule has 0 aromatic heterocycles. The predicted octanol–water partition coefficient (Wildman–Crippen LogP) is 1.67. The average Bonchev–Trinajstić information content (AvgIpc) is 2.69. The summed E-state index contributed by atoms with van der Waals surface area (Å²) in [6.07, 6.45) is 1.82. The molecular weight excluding hydrogens is 370 g/mol. The maximum absolute atomic E-state index is 12.5. The van der Waals surface area contributed by atoms with Gasteiger partial charge < -0.3 is 25.0 Å². The van der Waals surface area contributed by atoms with Crippen molar-refractivity contribution in [2.45, 2.75) is 25.3 Å².